The Labute approximate surface area is 204 Å². The van der Waals surface area contributed by atoms with Gasteiger partial charge < -0.3 is 29.6 Å². The van der Waals surface area contributed by atoms with Crippen LogP contribution in [-0.4, -0.2) is 60.6 Å². The molecule has 178 valence electrons. The Morgan fingerprint density at radius 3 is 2.32 bits per heavy atom. The van der Waals surface area contributed by atoms with E-state index < -0.39 is 0 Å². The van der Waals surface area contributed by atoms with Crippen LogP contribution in [-0.2, 0) is 11.2 Å². The number of benzene rings is 1. The Bertz CT molecular complexity index is 679. The first-order valence-corrected chi connectivity index (χ1v) is 10.9. The van der Waals surface area contributed by atoms with Crippen molar-refractivity contribution < 1.29 is 18.9 Å². The Morgan fingerprint density at radius 2 is 1.74 bits per heavy atom. The third-order valence-corrected chi connectivity index (χ3v) is 5.97. The van der Waals surface area contributed by atoms with Crippen LogP contribution in [0.25, 0.3) is 0 Å². The highest BCUT2D eigenvalue weighted by Gasteiger charge is 2.33. The average Bonchev–Trinajstić information content (AvgIpc) is 3.24. The minimum atomic E-state index is 0. The van der Waals surface area contributed by atoms with E-state index in [1.54, 1.807) is 21.3 Å². The van der Waals surface area contributed by atoms with Crippen molar-refractivity contribution in [3.8, 4) is 17.2 Å². The summed E-state index contributed by atoms with van der Waals surface area (Å²) in [5.41, 5.74) is 1.38. The van der Waals surface area contributed by atoms with Gasteiger partial charge in [0.25, 0.3) is 0 Å². The van der Waals surface area contributed by atoms with E-state index in [-0.39, 0.29) is 24.0 Å². The monoisotopic (exact) mass is 549 g/mol. The Balaban J connectivity index is 0.00000480. The number of hydrogen-bond acceptors (Lipinski definition) is 5. The number of nitrogens with zero attached hydrogens (tertiary/aromatic N) is 1. The largest absolute Gasteiger partial charge is 0.493 e. The lowest BCUT2D eigenvalue weighted by molar-refractivity contribution is 0.105. The number of aliphatic imine (C=N–C) groups is 1. The fourth-order valence-electron chi connectivity index (χ4n) is 4.24. The van der Waals surface area contributed by atoms with Crippen molar-refractivity contribution in [3.05, 3.63) is 17.7 Å². The number of methoxy groups -OCH3 is 3. The number of ether oxygens (including phenoxy) is 4. The standard InChI is InChI=1S/C23H39N3O4.HI/c1-6-30-16-14-23(12-7-8-13-23)17-26-22(24-2)25-15-11-18-9-10-19(27-3)21(29-5)20(18)28-4;/h9-10H,6-8,11-17H2,1-5H3,(H2,24,25,26);1H. The molecule has 0 aromatic heterocycles. The zero-order valence-electron chi connectivity index (χ0n) is 19.7. The second-order valence-corrected chi connectivity index (χ2v) is 7.75. The van der Waals surface area contributed by atoms with Gasteiger partial charge in [-0.15, -0.1) is 24.0 Å². The number of guanidine groups is 1. The fourth-order valence-corrected chi connectivity index (χ4v) is 4.24. The van der Waals surface area contributed by atoms with Crippen LogP contribution < -0.4 is 24.8 Å². The first-order chi connectivity index (χ1) is 14.6. The molecule has 8 heteroatoms. The highest BCUT2D eigenvalue weighted by Crippen LogP contribution is 2.41. The summed E-state index contributed by atoms with van der Waals surface area (Å²) in [5, 5.41) is 6.97. The molecular weight excluding hydrogens is 509 g/mol. The number of halogens is 1. The molecule has 2 N–H and O–H groups in total. The van der Waals surface area contributed by atoms with Gasteiger partial charge in [-0.05, 0) is 44.1 Å². The lowest BCUT2D eigenvalue weighted by Crippen LogP contribution is -2.44. The summed E-state index contributed by atoms with van der Waals surface area (Å²) in [6.07, 6.45) is 7.01. The lowest BCUT2D eigenvalue weighted by atomic mass is 9.83. The molecular formula is C23H40IN3O4. The summed E-state index contributed by atoms with van der Waals surface area (Å²) in [6.45, 7) is 5.34. The molecule has 2 rings (SSSR count). The second kappa shape index (κ2) is 14.6. The Morgan fingerprint density at radius 1 is 1.03 bits per heavy atom. The summed E-state index contributed by atoms with van der Waals surface area (Å²) in [4.78, 5) is 4.40. The third-order valence-electron chi connectivity index (χ3n) is 5.97. The molecule has 7 nitrogen and oxygen atoms in total. The van der Waals surface area contributed by atoms with E-state index >= 15 is 0 Å². The maximum absolute atomic E-state index is 5.62. The maximum Gasteiger partial charge on any atom is 0.203 e. The number of rotatable bonds is 12. The van der Waals surface area contributed by atoms with Crippen molar-refractivity contribution >= 4 is 29.9 Å². The fraction of sp³-hybridized carbons (Fsp3) is 0.696. The molecule has 1 aliphatic carbocycles. The number of hydrogen-bond donors (Lipinski definition) is 2. The predicted molar refractivity (Wildman–Crippen MR) is 137 cm³/mol. The van der Waals surface area contributed by atoms with Crippen molar-refractivity contribution in [1.82, 2.24) is 10.6 Å². The topological polar surface area (TPSA) is 73.3 Å². The summed E-state index contributed by atoms with van der Waals surface area (Å²) in [7, 11) is 6.71. The van der Waals surface area contributed by atoms with E-state index in [1.165, 1.54) is 25.7 Å². The first kappa shape index (κ1) is 27.6. The van der Waals surface area contributed by atoms with Crippen LogP contribution in [0.15, 0.2) is 17.1 Å². The van der Waals surface area contributed by atoms with Gasteiger partial charge in [0.2, 0.25) is 5.75 Å². The molecule has 0 unspecified atom stereocenters. The van der Waals surface area contributed by atoms with Crippen LogP contribution in [0, 0.1) is 5.41 Å². The minimum Gasteiger partial charge on any atom is -0.493 e. The Hall–Kier alpha value is -1.42. The normalized spacial score (nSPS) is 15.2. The molecule has 0 bridgehead atoms. The minimum absolute atomic E-state index is 0. The highest BCUT2D eigenvalue weighted by molar-refractivity contribution is 14.0. The van der Waals surface area contributed by atoms with Crippen LogP contribution in [0.2, 0.25) is 0 Å². The van der Waals surface area contributed by atoms with E-state index in [0.29, 0.717) is 22.7 Å². The molecule has 0 saturated heterocycles. The molecule has 0 heterocycles. The van der Waals surface area contributed by atoms with Gasteiger partial charge in [0.05, 0.1) is 21.3 Å². The van der Waals surface area contributed by atoms with E-state index in [0.717, 1.165) is 50.7 Å². The van der Waals surface area contributed by atoms with Gasteiger partial charge in [0.1, 0.15) is 0 Å². The molecule has 0 aliphatic heterocycles. The van der Waals surface area contributed by atoms with E-state index in [1.807, 2.05) is 19.2 Å². The molecule has 1 fully saturated rings. The van der Waals surface area contributed by atoms with Crippen molar-refractivity contribution in [2.45, 2.75) is 45.4 Å². The molecule has 1 saturated carbocycles. The van der Waals surface area contributed by atoms with Gasteiger partial charge in [-0.2, -0.15) is 0 Å². The van der Waals surface area contributed by atoms with Crippen molar-refractivity contribution in [2.75, 3.05) is 54.7 Å². The molecule has 1 aromatic rings. The van der Waals surface area contributed by atoms with Crippen molar-refractivity contribution in [2.24, 2.45) is 10.4 Å². The van der Waals surface area contributed by atoms with Gasteiger partial charge in [-0.25, -0.2) is 0 Å². The highest BCUT2D eigenvalue weighted by atomic mass is 127. The quantitative estimate of drug-likeness (QED) is 0.178. The smallest absolute Gasteiger partial charge is 0.203 e. The molecule has 0 amide bonds. The Kier molecular flexibility index (Phi) is 13.0. The van der Waals surface area contributed by atoms with Crippen molar-refractivity contribution in [3.63, 3.8) is 0 Å². The van der Waals surface area contributed by atoms with Gasteiger partial charge in [0, 0.05) is 38.9 Å². The lowest BCUT2D eigenvalue weighted by Gasteiger charge is -2.30. The van der Waals surface area contributed by atoms with Crippen LogP contribution in [0.4, 0.5) is 0 Å². The summed E-state index contributed by atoms with van der Waals surface area (Å²) < 4.78 is 22.0. The van der Waals surface area contributed by atoms with Crippen LogP contribution in [0.3, 0.4) is 0 Å². The summed E-state index contributed by atoms with van der Waals surface area (Å²) >= 11 is 0. The summed E-state index contributed by atoms with van der Waals surface area (Å²) in [6, 6.07) is 3.92. The van der Waals surface area contributed by atoms with Crippen LogP contribution >= 0.6 is 24.0 Å². The van der Waals surface area contributed by atoms with Gasteiger partial charge in [0.15, 0.2) is 17.5 Å². The average molecular weight is 549 g/mol. The molecule has 31 heavy (non-hydrogen) atoms. The third kappa shape index (κ3) is 7.89. The molecule has 0 radical (unpaired) electrons. The zero-order valence-corrected chi connectivity index (χ0v) is 22.0. The summed E-state index contributed by atoms with van der Waals surface area (Å²) in [5.74, 6) is 2.83. The van der Waals surface area contributed by atoms with Gasteiger partial charge >= 0.3 is 0 Å². The van der Waals surface area contributed by atoms with E-state index in [9.17, 15) is 0 Å². The molecule has 0 atom stereocenters. The molecule has 1 aromatic carbocycles. The van der Waals surface area contributed by atoms with Crippen molar-refractivity contribution in [1.29, 1.82) is 0 Å². The molecule has 1 aliphatic rings. The van der Waals surface area contributed by atoms with E-state index in [2.05, 4.69) is 22.5 Å². The predicted octanol–water partition coefficient (Wildman–Crippen LogP) is 4.02. The molecule has 0 spiro atoms. The maximum atomic E-state index is 5.62. The first-order valence-electron chi connectivity index (χ1n) is 10.9. The van der Waals surface area contributed by atoms with E-state index in [4.69, 9.17) is 18.9 Å². The van der Waals surface area contributed by atoms with Crippen LogP contribution in [0.5, 0.6) is 17.2 Å². The zero-order chi connectivity index (χ0) is 21.8. The van der Waals surface area contributed by atoms with Gasteiger partial charge in [-0.1, -0.05) is 18.9 Å². The SMILES string of the molecule is CCOCCC1(CNC(=NC)NCCc2ccc(OC)c(OC)c2OC)CCCC1.I. The second-order valence-electron chi connectivity index (χ2n) is 7.75. The number of nitrogens with one attached hydrogen (secondary N) is 2. The van der Waals surface area contributed by atoms with Crippen LogP contribution in [0.1, 0.15) is 44.6 Å². The van der Waals surface area contributed by atoms with Gasteiger partial charge in [-0.3, -0.25) is 4.99 Å².